The highest BCUT2D eigenvalue weighted by molar-refractivity contribution is 5.77. The maximum Gasteiger partial charge on any atom is 0.222 e. The minimum Gasteiger partial charge on any atom is -0.378 e. The van der Waals surface area contributed by atoms with Crippen molar-refractivity contribution in [3.8, 4) is 0 Å². The number of hydrogen-bond acceptors (Lipinski definition) is 3. The summed E-state index contributed by atoms with van der Waals surface area (Å²) in [7, 11) is 2.08. The molecular weight excluding hydrogens is 204 g/mol. The van der Waals surface area contributed by atoms with E-state index in [9.17, 15) is 4.79 Å². The van der Waals surface area contributed by atoms with Crippen molar-refractivity contribution in [3.05, 3.63) is 0 Å². The zero-order chi connectivity index (χ0) is 12.6. The lowest BCUT2D eigenvalue weighted by Gasteiger charge is -2.20. The lowest BCUT2D eigenvalue weighted by Crippen LogP contribution is -2.32. The Morgan fingerprint density at radius 2 is 1.88 bits per heavy atom. The Labute approximate surface area is 99.3 Å². The summed E-state index contributed by atoms with van der Waals surface area (Å²) in [6.45, 7) is 10.9. The van der Waals surface area contributed by atoms with Gasteiger partial charge in [-0.1, -0.05) is 13.8 Å². The van der Waals surface area contributed by atoms with E-state index in [1.54, 1.807) is 0 Å². The van der Waals surface area contributed by atoms with Crippen LogP contribution in [-0.2, 0) is 9.53 Å². The van der Waals surface area contributed by atoms with Gasteiger partial charge in [-0.2, -0.15) is 0 Å². The first-order chi connectivity index (χ1) is 7.45. The maximum absolute atomic E-state index is 11.2. The SMILES string of the molecule is CC(C)C(=O)NCCOCCN(C)C(C)C. The van der Waals surface area contributed by atoms with E-state index in [1.165, 1.54) is 0 Å². The molecule has 0 rings (SSSR count). The van der Waals surface area contributed by atoms with Gasteiger partial charge in [-0.25, -0.2) is 0 Å². The van der Waals surface area contributed by atoms with E-state index < -0.39 is 0 Å². The number of likely N-dealkylation sites (N-methyl/N-ethyl adjacent to an activating group) is 1. The van der Waals surface area contributed by atoms with Gasteiger partial charge in [-0.05, 0) is 20.9 Å². The normalized spacial score (nSPS) is 11.5. The molecular formula is C12H26N2O2. The van der Waals surface area contributed by atoms with Crippen LogP contribution < -0.4 is 5.32 Å². The lowest BCUT2D eigenvalue weighted by atomic mass is 10.2. The van der Waals surface area contributed by atoms with E-state index in [-0.39, 0.29) is 11.8 Å². The molecule has 0 fully saturated rings. The number of ether oxygens (including phenoxy) is 1. The van der Waals surface area contributed by atoms with Crippen LogP contribution in [0.25, 0.3) is 0 Å². The standard InChI is InChI=1S/C12H26N2O2/c1-10(2)12(15)13-6-8-16-9-7-14(5)11(3)4/h10-11H,6-9H2,1-5H3,(H,13,15). The second-order valence-electron chi connectivity index (χ2n) is 4.63. The second kappa shape index (κ2) is 8.53. The molecule has 1 N–H and O–H groups in total. The maximum atomic E-state index is 11.2. The van der Waals surface area contributed by atoms with Crippen LogP contribution in [0.2, 0.25) is 0 Å². The van der Waals surface area contributed by atoms with Gasteiger partial charge < -0.3 is 15.0 Å². The molecule has 0 radical (unpaired) electrons. The Kier molecular flexibility index (Phi) is 8.21. The molecule has 0 aromatic heterocycles. The summed E-state index contributed by atoms with van der Waals surface area (Å²) in [5.41, 5.74) is 0. The number of rotatable bonds is 8. The second-order valence-corrected chi connectivity index (χ2v) is 4.63. The Morgan fingerprint density at radius 3 is 2.38 bits per heavy atom. The fourth-order valence-corrected chi connectivity index (χ4v) is 1.02. The fraction of sp³-hybridized carbons (Fsp3) is 0.917. The average Bonchev–Trinajstić information content (AvgIpc) is 2.21. The molecule has 0 aliphatic heterocycles. The van der Waals surface area contributed by atoms with Crippen LogP contribution in [0.3, 0.4) is 0 Å². The van der Waals surface area contributed by atoms with Crippen molar-refractivity contribution >= 4 is 5.91 Å². The van der Waals surface area contributed by atoms with E-state index in [0.29, 0.717) is 25.8 Å². The summed E-state index contributed by atoms with van der Waals surface area (Å²) in [6, 6.07) is 0.546. The van der Waals surface area contributed by atoms with Gasteiger partial charge in [0.05, 0.1) is 13.2 Å². The van der Waals surface area contributed by atoms with Crippen molar-refractivity contribution in [2.75, 3.05) is 33.4 Å². The number of carbonyl (C=O) groups excluding carboxylic acids is 1. The molecule has 4 heteroatoms. The zero-order valence-corrected chi connectivity index (χ0v) is 11.2. The number of nitrogens with zero attached hydrogens (tertiary/aromatic N) is 1. The van der Waals surface area contributed by atoms with Crippen LogP contribution in [0, 0.1) is 5.92 Å². The first kappa shape index (κ1) is 15.4. The van der Waals surface area contributed by atoms with Crippen LogP contribution in [0.15, 0.2) is 0 Å². The summed E-state index contributed by atoms with van der Waals surface area (Å²) >= 11 is 0. The van der Waals surface area contributed by atoms with E-state index in [4.69, 9.17) is 4.74 Å². The molecule has 0 unspecified atom stereocenters. The van der Waals surface area contributed by atoms with Crippen LogP contribution >= 0.6 is 0 Å². The predicted molar refractivity (Wildman–Crippen MR) is 66.4 cm³/mol. The Bertz CT molecular complexity index is 193. The summed E-state index contributed by atoms with van der Waals surface area (Å²) < 4.78 is 5.43. The van der Waals surface area contributed by atoms with E-state index in [1.807, 2.05) is 13.8 Å². The minimum atomic E-state index is 0.0482. The summed E-state index contributed by atoms with van der Waals surface area (Å²) in [5, 5.41) is 2.82. The van der Waals surface area contributed by atoms with Gasteiger partial charge in [-0.15, -0.1) is 0 Å². The van der Waals surface area contributed by atoms with Crippen LogP contribution in [0.4, 0.5) is 0 Å². The van der Waals surface area contributed by atoms with Crippen molar-refractivity contribution in [1.29, 1.82) is 0 Å². The summed E-state index contributed by atoms with van der Waals surface area (Å²) in [6.07, 6.45) is 0. The van der Waals surface area contributed by atoms with E-state index in [0.717, 1.165) is 6.54 Å². The molecule has 0 aromatic rings. The highest BCUT2D eigenvalue weighted by Crippen LogP contribution is 1.92. The molecule has 0 aromatic carbocycles. The first-order valence-corrected chi connectivity index (χ1v) is 6.00. The molecule has 16 heavy (non-hydrogen) atoms. The largest absolute Gasteiger partial charge is 0.378 e. The third kappa shape index (κ3) is 7.65. The molecule has 0 atom stereocenters. The minimum absolute atomic E-state index is 0.0482. The van der Waals surface area contributed by atoms with Crippen LogP contribution in [0.5, 0.6) is 0 Å². The summed E-state index contributed by atoms with van der Waals surface area (Å²) in [4.78, 5) is 13.4. The number of hydrogen-bond donors (Lipinski definition) is 1. The molecule has 4 nitrogen and oxygen atoms in total. The molecule has 0 spiro atoms. The molecule has 0 saturated carbocycles. The fourth-order valence-electron chi connectivity index (χ4n) is 1.02. The third-order valence-corrected chi connectivity index (χ3v) is 2.54. The first-order valence-electron chi connectivity index (χ1n) is 6.00. The predicted octanol–water partition coefficient (Wildman–Crippen LogP) is 1.12. The van der Waals surface area contributed by atoms with Gasteiger partial charge in [0.2, 0.25) is 5.91 Å². The van der Waals surface area contributed by atoms with Crippen molar-refractivity contribution in [2.24, 2.45) is 5.92 Å². The molecule has 96 valence electrons. The van der Waals surface area contributed by atoms with Crippen LogP contribution in [0.1, 0.15) is 27.7 Å². The van der Waals surface area contributed by atoms with Crippen molar-refractivity contribution in [3.63, 3.8) is 0 Å². The topological polar surface area (TPSA) is 41.6 Å². The quantitative estimate of drug-likeness (QED) is 0.635. The average molecular weight is 230 g/mol. The third-order valence-electron chi connectivity index (χ3n) is 2.54. The molecule has 0 aliphatic rings. The summed E-state index contributed by atoms with van der Waals surface area (Å²) in [5.74, 6) is 0.134. The monoisotopic (exact) mass is 230 g/mol. The van der Waals surface area contributed by atoms with Gasteiger partial charge in [0.15, 0.2) is 0 Å². The molecule has 0 saturated heterocycles. The van der Waals surface area contributed by atoms with Gasteiger partial charge in [0.25, 0.3) is 0 Å². The number of amides is 1. The molecule has 0 aliphatic carbocycles. The van der Waals surface area contributed by atoms with E-state index in [2.05, 4.69) is 31.1 Å². The number of nitrogens with one attached hydrogen (secondary N) is 1. The highest BCUT2D eigenvalue weighted by atomic mass is 16.5. The van der Waals surface area contributed by atoms with Crippen molar-refractivity contribution in [2.45, 2.75) is 33.7 Å². The smallest absolute Gasteiger partial charge is 0.222 e. The van der Waals surface area contributed by atoms with Crippen molar-refractivity contribution < 1.29 is 9.53 Å². The van der Waals surface area contributed by atoms with Crippen molar-refractivity contribution in [1.82, 2.24) is 10.2 Å². The van der Waals surface area contributed by atoms with E-state index >= 15 is 0 Å². The molecule has 0 heterocycles. The molecule has 0 bridgehead atoms. The molecule has 1 amide bonds. The number of carbonyl (C=O) groups is 1. The zero-order valence-electron chi connectivity index (χ0n) is 11.2. The Balaban J connectivity index is 3.31. The van der Waals surface area contributed by atoms with Crippen LogP contribution in [-0.4, -0.2) is 50.2 Å². The Hall–Kier alpha value is -0.610. The highest BCUT2D eigenvalue weighted by Gasteiger charge is 2.05. The van der Waals surface area contributed by atoms with Gasteiger partial charge in [0, 0.05) is 25.0 Å². The Morgan fingerprint density at radius 1 is 1.25 bits per heavy atom. The van der Waals surface area contributed by atoms with Gasteiger partial charge in [-0.3, -0.25) is 4.79 Å². The van der Waals surface area contributed by atoms with Gasteiger partial charge in [0.1, 0.15) is 0 Å². The van der Waals surface area contributed by atoms with Gasteiger partial charge >= 0.3 is 0 Å². The lowest BCUT2D eigenvalue weighted by molar-refractivity contribution is -0.124.